The number of likely N-dealkylation sites (tertiary alicyclic amines) is 1. The monoisotopic (exact) mass is 437 g/mol. The number of benzene rings is 2. The van der Waals surface area contributed by atoms with E-state index in [4.69, 9.17) is 4.74 Å². The maximum absolute atomic E-state index is 12.4. The third kappa shape index (κ3) is 5.83. The van der Waals surface area contributed by atoms with Gasteiger partial charge >= 0.3 is 0 Å². The molecule has 2 heterocycles. The molecule has 1 aliphatic heterocycles. The molecule has 0 spiro atoms. The van der Waals surface area contributed by atoms with E-state index < -0.39 is 0 Å². The zero-order valence-corrected chi connectivity index (χ0v) is 19.4. The Bertz CT molecular complexity index is 1040. The number of carbonyl (C=O) groups excluding carboxylic acids is 1. The van der Waals surface area contributed by atoms with Gasteiger partial charge in [-0.1, -0.05) is 50.3 Å². The van der Waals surface area contributed by atoms with Crippen molar-refractivity contribution in [2.75, 3.05) is 25.0 Å². The van der Waals surface area contributed by atoms with Crippen LogP contribution < -0.4 is 10.1 Å². The zero-order valence-electron chi connectivity index (χ0n) is 18.6. The number of nitrogens with one attached hydrogen (secondary N) is 1. The molecule has 31 heavy (non-hydrogen) atoms. The number of carbonyl (C=O) groups is 1. The summed E-state index contributed by atoms with van der Waals surface area (Å²) in [6.07, 6.45) is 2.56. The van der Waals surface area contributed by atoms with Crippen molar-refractivity contribution in [3.05, 3.63) is 53.6 Å². The van der Waals surface area contributed by atoms with Gasteiger partial charge in [0.2, 0.25) is 0 Å². The largest absolute Gasteiger partial charge is 0.484 e. The second kappa shape index (κ2) is 9.79. The zero-order chi connectivity index (χ0) is 21.8. The standard InChI is InChI=1S/C25H31N3O2S/c1-17(2)20-5-4-6-21(14-20)30-16-24(29)27-25-26-22-8-7-19(13-23(22)31-25)15-28-11-9-18(3)10-12-28/h4-8,13-14,17-18H,9-12,15-16H2,1-3H3,(H,26,27,29). The van der Waals surface area contributed by atoms with E-state index in [-0.39, 0.29) is 12.5 Å². The number of hydrogen-bond donors (Lipinski definition) is 1. The minimum atomic E-state index is -0.198. The molecule has 0 saturated carbocycles. The van der Waals surface area contributed by atoms with E-state index in [1.807, 2.05) is 18.2 Å². The Morgan fingerprint density at radius 1 is 1.23 bits per heavy atom. The van der Waals surface area contributed by atoms with Gasteiger partial charge in [0.15, 0.2) is 11.7 Å². The molecule has 0 aliphatic carbocycles. The Balaban J connectivity index is 1.34. The van der Waals surface area contributed by atoms with Crippen molar-refractivity contribution in [3.8, 4) is 5.75 Å². The third-order valence-corrected chi connectivity index (χ3v) is 6.81. The van der Waals surface area contributed by atoms with Gasteiger partial charge in [-0.2, -0.15) is 0 Å². The molecule has 0 radical (unpaired) electrons. The number of nitrogens with zero attached hydrogens (tertiary/aromatic N) is 2. The molecule has 0 atom stereocenters. The molecule has 0 bridgehead atoms. The molecule has 1 fully saturated rings. The summed E-state index contributed by atoms with van der Waals surface area (Å²) in [7, 11) is 0. The Labute approximate surface area is 188 Å². The maximum atomic E-state index is 12.4. The van der Waals surface area contributed by atoms with Gasteiger partial charge in [0, 0.05) is 6.54 Å². The number of aromatic nitrogens is 1. The van der Waals surface area contributed by atoms with Crippen LogP contribution in [0, 0.1) is 5.92 Å². The molecule has 1 aliphatic rings. The van der Waals surface area contributed by atoms with Crippen LogP contribution in [0.2, 0.25) is 0 Å². The predicted molar refractivity (Wildman–Crippen MR) is 128 cm³/mol. The van der Waals surface area contributed by atoms with Crippen LogP contribution in [0.5, 0.6) is 5.75 Å². The first-order chi connectivity index (χ1) is 15.0. The van der Waals surface area contributed by atoms with Crippen LogP contribution in [0.25, 0.3) is 10.2 Å². The lowest BCUT2D eigenvalue weighted by molar-refractivity contribution is -0.118. The summed E-state index contributed by atoms with van der Waals surface area (Å²) in [4.78, 5) is 19.4. The van der Waals surface area contributed by atoms with Crippen LogP contribution in [0.4, 0.5) is 5.13 Å². The molecule has 0 unspecified atom stereocenters. The van der Waals surface area contributed by atoms with Crippen LogP contribution in [0.15, 0.2) is 42.5 Å². The SMILES string of the molecule is CC1CCN(Cc2ccc3nc(NC(=O)COc4cccc(C(C)C)c4)sc3c2)CC1. The number of ether oxygens (including phenoxy) is 1. The van der Waals surface area contributed by atoms with E-state index in [2.05, 4.69) is 60.2 Å². The quantitative estimate of drug-likeness (QED) is 0.517. The number of piperidine rings is 1. The van der Waals surface area contributed by atoms with Crippen LogP contribution >= 0.6 is 11.3 Å². The van der Waals surface area contributed by atoms with Gasteiger partial charge in [0.05, 0.1) is 10.2 Å². The van der Waals surface area contributed by atoms with Gasteiger partial charge in [-0.05, 0) is 73.2 Å². The lowest BCUT2D eigenvalue weighted by Gasteiger charge is -2.30. The molecule has 4 rings (SSSR count). The number of amides is 1. The first-order valence-electron chi connectivity index (χ1n) is 11.1. The number of rotatable bonds is 7. The lowest BCUT2D eigenvalue weighted by Crippen LogP contribution is -2.32. The van der Waals surface area contributed by atoms with E-state index in [9.17, 15) is 4.79 Å². The summed E-state index contributed by atoms with van der Waals surface area (Å²) in [5, 5.41) is 3.49. The van der Waals surface area contributed by atoms with Crippen LogP contribution in [-0.2, 0) is 11.3 Å². The fourth-order valence-electron chi connectivity index (χ4n) is 3.87. The molecule has 1 amide bonds. The van der Waals surface area contributed by atoms with Gasteiger partial charge in [0.25, 0.3) is 5.91 Å². The van der Waals surface area contributed by atoms with E-state index in [1.165, 1.54) is 48.4 Å². The Kier molecular flexibility index (Phi) is 6.88. The fraction of sp³-hybridized carbons (Fsp3) is 0.440. The molecule has 5 nitrogen and oxygen atoms in total. The van der Waals surface area contributed by atoms with Gasteiger partial charge in [-0.25, -0.2) is 4.98 Å². The minimum absolute atomic E-state index is 0.0316. The third-order valence-electron chi connectivity index (χ3n) is 5.88. The van der Waals surface area contributed by atoms with E-state index in [0.717, 1.165) is 22.7 Å². The average molecular weight is 438 g/mol. The minimum Gasteiger partial charge on any atom is -0.484 e. The number of hydrogen-bond acceptors (Lipinski definition) is 5. The van der Waals surface area contributed by atoms with Crippen molar-refractivity contribution in [2.45, 2.75) is 46.1 Å². The lowest BCUT2D eigenvalue weighted by atomic mass is 9.99. The molecular weight excluding hydrogens is 406 g/mol. The van der Waals surface area contributed by atoms with Crippen molar-refractivity contribution in [1.29, 1.82) is 0 Å². The Hall–Kier alpha value is -2.44. The molecule has 6 heteroatoms. The Morgan fingerprint density at radius 3 is 2.81 bits per heavy atom. The number of anilines is 1. The first-order valence-corrected chi connectivity index (χ1v) is 11.9. The predicted octanol–water partition coefficient (Wildman–Crippen LogP) is 5.67. The average Bonchev–Trinajstić information content (AvgIpc) is 3.15. The maximum Gasteiger partial charge on any atom is 0.264 e. The summed E-state index contributed by atoms with van der Waals surface area (Å²) in [5.74, 6) is 1.78. The summed E-state index contributed by atoms with van der Waals surface area (Å²) in [6, 6.07) is 14.3. The molecule has 1 aromatic heterocycles. The van der Waals surface area contributed by atoms with Crippen LogP contribution in [-0.4, -0.2) is 35.5 Å². The molecule has 3 aromatic rings. The normalized spacial score (nSPS) is 15.5. The van der Waals surface area contributed by atoms with Gasteiger partial charge < -0.3 is 4.74 Å². The van der Waals surface area contributed by atoms with Crippen molar-refractivity contribution in [2.24, 2.45) is 5.92 Å². The molecule has 1 saturated heterocycles. The van der Waals surface area contributed by atoms with Gasteiger partial charge in [0.1, 0.15) is 5.75 Å². The van der Waals surface area contributed by atoms with Crippen molar-refractivity contribution >= 4 is 32.6 Å². The molecular formula is C25H31N3O2S. The van der Waals surface area contributed by atoms with Crippen molar-refractivity contribution in [3.63, 3.8) is 0 Å². The summed E-state index contributed by atoms with van der Waals surface area (Å²) in [6.45, 7) is 9.90. The van der Waals surface area contributed by atoms with Crippen LogP contribution in [0.1, 0.15) is 50.7 Å². The highest BCUT2D eigenvalue weighted by atomic mass is 32.1. The second-order valence-electron chi connectivity index (χ2n) is 8.84. The van der Waals surface area contributed by atoms with Crippen LogP contribution in [0.3, 0.4) is 0 Å². The van der Waals surface area contributed by atoms with E-state index in [1.54, 1.807) is 0 Å². The molecule has 2 aromatic carbocycles. The molecule has 1 N–H and O–H groups in total. The summed E-state index contributed by atoms with van der Waals surface area (Å²) >= 11 is 1.51. The topological polar surface area (TPSA) is 54.5 Å². The summed E-state index contributed by atoms with van der Waals surface area (Å²) < 4.78 is 6.78. The van der Waals surface area contributed by atoms with E-state index >= 15 is 0 Å². The van der Waals surface area contributed by atoms with E-state index in [0.29, 0.717) is 16.8 Å². The fourth-order valence-corrected chi connectivity index (χ4v) is 4.81. The van der Waals surface area contributed by atoms with Crippen molar-refractivity contribution < 1.29 is 9.53 Å². The Morgan fingerprint density at radius 2 is 2.03 bits per heavy atom. The van der Waals surface area contributed by atoms with Crippen molar-refractivity contribution in [1.82, 2.24) is 9.88 Å². The highest BCUT2D eigenvalue weighted by molar-refractivity contribution is 7.22. The second-order valence-corrected chi connectivity index (χ2v) is 9.87. The first kappa shape index (κ1) is 21.8. The summed E-state index contributed by atoms with van der Waals surface area (Å²) in [5.41, 5.74) is 3.41. The highest BCUT2D eigenvalue weighted by Crippen LogP contribution is 2.28. The van der Waals surface area contributed by atoms with Gasteiger partial charge in [-0.15, -0.1) is 0 Å². The highest BCUT2D eigenvalue weighted by Gasteiger charge is 2.16. The van der Waals surface area contributed by atoms with Gasteiger partial charge in [-0.3, -0.25) is 15.0 Å². The number of thiazole rings is 1. The number of fused-ring (bicyclic) bond motifs is 1. The smallest absolute Gasteiger partial charge is 0.264 e. The molecule has 164 valence electrons.